The van der Waals surface area contributed by atoms with Crippen molar-refractivity contribution in [3.05, 3.63) is 83.9 Å². The molecule has 0 spiro atoms. The third-order valence-corrected chi connectivity index (χ3v) is 6.23. The van der Waals surface area contributed by atoms with Crippen LogP contribution in [0.2, 0.25) is 0 Å². The van der Waals surface area contributed by atoms with Gasteiger partial charge in [0.05, 0.1) is 34.1 Å². The molecule has 0 saturated carbocycles. The molecule has 0 N–H and O–H groups in total. The van der Waals surface area contributed by atoms with E-state index in [1.54, 1.807) is 55.6 Å². The molecule has 3 aromatic carbocycles. The van der Waals surface area contributed by atoms with Crippen LogP contribution in [0.4, 0.5) is 10.8 Å². The van der Waals surface area contributed by atoms with Gasteiger partial charge in [0.25, 0.3) is 17.7 Å². The smallest absolute Gasteiger partial charge is 0.262 e. The zero-order valence-electron chi connectivity index (χ0n) is 17.0. The van der Waals surface area contributed by atoms with Crippen molar-refractivity contribution >= 4 is 50.1 Å². The summed E-state index contributed by atoms with van der Waals surface area (Å²) in [5, 5.41) is 0.445. The van der Waals surface area contributed by atoms with E-state index < -0.39 is 24.3 Å². The standard InChI is InChI=1S/C24H17N3O4S/c1-31-16-8-6-7-15(13-16)27(24-25-19-11-4-5-12-20(19)32-24)21(28)14-26-22(29)17-9-2-3-10-18(17)23(26)30/h2-13H,14H2,1H3. The van der Waals surface area contributed by atoms with Crippen molar-refractivity contribution in [3.8, 4) is 5.75 Å². The monoisotopic (exact) mass is 443 g/mol. The number of hydrogen-bond acceptors (Lipinski definition) is 6. The summed E-state index contributed by atoms with van der Waals surface area (Å²) in [4.78, 5) is 46.1. The van der Waals surface area contributed by atoms with Gasteiger partial charge in [-0.1, -0.05) is 41.7 Å². The van der Waals surface area contributed by atoms with Gasteiger partial charge >= 0.3 is 0 Å². The van der Waals surface area contributed by atoms with Crippen molar-refractivity contribution in [2.45, 2.75) is 0 Å². The molecule has 8 heteroatoms. The Morgan fingerprint density at radius 1 is 0.969 bits per heavy atom. The first kappa shape index (κ1) is 19.9. The average Bonchev–Trinajstić information content (AvgIpc) is 3.34. The summed E-state index contributed by atoms with van der Waals surface area (Å²) in [6.07, 6.45) is 0. The van der Waals surface area contributed by atoms with Gasteiger partial charge in [-0.3, -0.25) is 24.2 Å². The fourth-order valence-corrected chi connectivity index (χ4v) is 4.66. The van der Waals surface area contributed by atoms with Gasteiger partial charge in [0.2, 0.25) is 0 Å². The molecule has 7 nitrogen and oxygen atoms in total. The van der Waals surface area contributed by atoms with Crippen molar-refractivity contribution in [1.29, 1.82) is 0 Å². The molecule has 0 radical (unpaired) electrons. The first-order chi connectivity index (χ1) is 15.6. The van der Waals surface area contributed by atoms with Crippen LogP contribution in [0.5, 0.6) is 5.75 Å². The number of fused-ring (bicyclic) bond motifs is 2. The summed E-state index contributed by atoms with van der Waals surface area (Å²) in [7, 11) is 1.54. The number of aromatic nitrogens is 1. The lowest BCUT2D eigenvalue weighted by Gasteiger charge is -2.23. The maximum Gasteiger partial charge on any atom is 0.262 e. The highest BCUT2D eigenvalue weighted by molar-refractivity contribution is 7.22. The zero-order valence-corrected chi connectivity index (χ0v) is 17.8. The van der Waals surface area contributed by atoms with E-state index >= 15 is 0 Å². The fraction of sp³-hybridized carbons (Fsp3) is 0.0833. The lowest BCUT2D eigenvalue weighted by Crippen LogP contribution is -2.41. The number of carbonyl (C=O) groups is 3. The maximum atomic E-state index is 13.5. The van der Waals surface area contributed by atoms with Crippen LogP contribution < -0.4 is 9.64 Å². The molecule has 2 heterocycles. The SMILES string of the molecule is COc1cccc(N(C(=O)CN2C(=O)c3ccccc3C2=O)c2nc3ccccc3s2)c1. The normalized spacial score (nSPS) is 12.8. The Balaban J connectivity index is 1.54. The Labute approximate surface area is 187 Å². The fourth-order valence-electron chi connectivity index (χ4n) is 3.66. The summed E-state index contributed by atoms with van der Waals surface area (Å²) < 4.78 is 6.24. The Morgan fingerprint density at radius 3 is 2.34 bits per heavy atom. The lowest BCUT2D eigenvalue weighted by molar-refractivity contribution is -0.118. The van der Waals surface area contributed by atoms with Crippen molar-refractivity contribution in [3.63, 3.8) is 0 Å². The van der Waals surface area contributed by atoms with E-state index in [0.717, 1.165) is 15.1 Å². The highest BCUT2D eigenvalue weighted by Crippen LogP contribution is 2.35. The van der Waals surface area contributed by atoms with Crippen molar-refractivity contribution in [2.75, 3.05) is 18.6 Å². The molecule has 158 valence electrons. The van der Waals surface area contributed by atoms with Crippen molar-refractivity contribution < 1.29 is 19.1 Å². The molecule has 0 aliphatic carbocycles. The minimum absolute atomic E-state index is 0.304. The number of hydrogen-bond donors (Lipinski definition) is 0. The molecule has 0 saturated heterocycles. The second kappa shape index (κ2) is 7.90. The van der Waals surface area contributed by atoms with Crippen LogP contribution in [0.3, 0.4) is 0 Å². The van der Waals surface area contributed by atoms with Gasteiger partial charge in [0.15, 0.2) is 5.13 Å². The number of nitrogens with zero attached hydrogens (tertiary/aromatic N) is 3. The molecular formula is C24H17N3O4S. The van der Waals surface area contributed by atoms with Crippen LogP contribution >= 0.6 is 11.3 Å². The molecule has 32 heavy (non-hydrogen) atoms. The van der Waals surface area contributed by atoms with Crippen LogP contribution in [0.1, 0.15) is 20.7 Å². The largest absolute Gasteiger partial charge is 0.497 e. The third kappa shape index (κ3) is 3.30. The molecule has 1 aliphatic rings. The van der Waals surface area contributed by atoms with E-state index in [1.807, 2.05) is 24.3 Å². The molecule has 5 rings (SSSR count). The van der Waals surface area contributed by atoms with Crippen LogP contribution in [0, 0.1) is 0 Å². The molecule has 1 aliphatic heterocycles. The van der Waals surface area contributed by atoms with E-state index in [4.69, 9.17) is 4.74 Å². The van der Waals surface area contributed by atoms with Gasteiger partial charge in [-0.25, -0.2) is 4.98 Å². The maximum absolute atomic E-state index is 13.5. The Morgan fingerprint density at radius 2 is 1.66 bits per heavy atom. The lowest BCUT2D eigenvalue weighted by atomic mass is 10.1. The average molecular weight is 443 g/mol. The zero-order chi connectivity index (χ0) is 22.2. The van der Waals surface area contributed by atoms with Gasteiger partial charge < -0.3 is 4.74 Å². The number of anilines is 2. The Kier molecular flexibility index (Phi) is 4.91. The number of benzene rings is 3. The predicted molar refractivity (Wildman–Crippen MR) is 122 cm³/mol. The first-order valence-corrected chi connectivity index (χ1v) is 10.7. The molecule has 3 amide bonds. The second-order valence-corrected chi connectivity index (χ2v) is 8.15. The number of carbonyl (C=O) groups excluding carboxylic acids is 3. The minimum Gasteiger partial charge on any atom is -0.497 e. The van der Waals surface area contributed by atoms with Gasteiger partial charge in [-0.2, -0.15) is 0 Å². The van der Waals surface area contributed by atoms with Gasteiger partial charge in [0.1, 0.15) is 12.3 Å². The summed E-state index contributed by atoms with van der Waals surface area (Å²) in [5.41, 5.74) is 1.90. The molecule has 1 aromatic heterocycles. The Bertz CT molecular complexity index is 1310. The van der Waals surface area contributed by atoms with Crippen molar-refractivity contribution in [1.82, 2.24) is 9.88 Å². The number of thiazole rings is 1. The third-order valence-electron chi connectivity index (χ3n) is 5.21. The quantitative estimate of drug-likeness (QED) is 0.431. The molecule has 0 atom stereocenters. The van der Waals surface area contributed by atoms with Gasteiger partial charge in [-0.05, 0) is 36.4 Å². The molecule has 4 aromatic rings. The minimum atomic E-state index is -0.478. The second-order valence-electron chi connectivity index (χ2n) is 7.14. The summed E-state index contributed by atoms with van der Waals surface area (Å²) in [6.45, 7) is -0.403. The van der Waals surface area contributed by atoms with Crippen LogP contribution in [-0.4, -0.2) is 41.3 Å². The van der Waals surface area contributed by atoms with Crippen molar-refractivity contribution in [2.24, 2.45) is 0 Å². The van der Waals surface area contributed by atoms with E-state index in [-0.39, 0.29) is 0 Å². The number of para-hydroxylation sites is 1. The predicted octanol–water partition coefficient (Wildman–Crippen LogP) is 4.27. The van der Waals surface area contributed by atoms with E-state index in [9.17, 15) is 14.4 Å². The molecule has 0 bridgehead atoms. The molecule has 0 unspecified atom stereocenters. The molecule has 0 fully saturated rings. The number of ether oxygens (including phenoxy) is 1. The van der Waals surface area contributed by atoms with Gasteiger partial charge in [0, 0.05) is 6.07 Å². The number of methoxy groups -OCH3 is 1. The Hall–Kier alpha value is -4.04. The van der Waals surface area contributed by atoms with E-state index in [0.29, 0.717) is 27.7 Å². The number of imide groups is 1. The first-order valence-electron chi connectivity index (χ1n) is 9.84. The van der Waals surface area contributed by atoms with Gasteiger partial charge in [-0.15, -0.1) is 0 Å². The van der Waals surface area contributed by atoms with E-state index in [2.05, 4.69) is 4.98 Å². The summed E-state index contributed by atoms with van der Waals surface area (Å²) in [6, 6.07) is 21.2. The van der Waals surface area contributed by atoms with Crippen LogP contribution in [0.15, 0.2) is 72.8 Å². The van der Waals surface area contributed by atoms with E-state index in [1.165, 1.54) is 16.2 Å². The summed E-state index contributed by atoms with van der Waals surface area (Å²) in [5.74, 6) is -0.836. The van der Waals surface area contributed by atoms with Crippen LogP contribution in [-0.2, 0) is 4.79 Å². The highest BCUT2D eigenvalue weighted by Gasteiger charge is 2.37. The number of amides is 3. The highest BCUT2D eigenvalue weighted by atomic mass is 32.1. The molecular weight excluding hydrogens is 426 g/mol. The topological polar surface area (TPSA) is 79.8 Å². The summed E-state index contributed by atoms with van der Waals surface area (Å²) >= 11 is 1.35. The van der Waals surface area contributed by atoms with Crippen LogP contribution in [0.25, 0.3) is 10.2 Å². The number of rotatable bonds is 5.